The molecule has 6 nitrogen and oxygen atoms in total. The Morgan fingerprint density at radius 2 is 1.88 bits per heavy atom. The van der Waals surface area contributed by atoms with E-state index in [0.717, 1.165) is 29.9 Å². The Morgan fingerprint density at radius 3 is 2.62 bits per heavy atom. The molecule has 2 aromatic heterocycles. The van der Waals surface area contributed by atoms with Crippen molar-refractivity contribution < 1.29 is 8.42 Å². The first-order valence-corrected chi connectivity index (χ1v) is 9.37. The molecular formula is C17H18N4O2S. The van der Waals surface area contributed by atoms with E-state index >= 15 is 0 Å². The number of fused-ring (bicyclic) bond motifs is 3. The summed E-state index contributed by atoms with van der Waals surface area (Å²) in [5.41, 5.74) is 3.93. The lowest BCUT2D eigenvalue weighted by molar-refractivity contribution is 0.595. The van der Waals surface area contributed by atoms with Crippen LogP contribution in [-0.2, 0) is 22.8 Å². The van der Waals surface area contributed by atoms with Gasteiger partial charge < -0.3 is 5.32 Å². The normalized spacial score (nSPS) is 14.8. The summed E-state index contributed by atoms with van der Waals surface area (Å²) >= 11 is 0. The van der Waals surface area contributed by atoms with E-state index in [2.05, 4.69) is 15.4 Å². The summed E-state index contributed by atoms with van der Waals surface area (Å²) in [7, 11) is -3.66. The van der Waals surface area contributed by atoms with Gasteiger partial charge in [-0.15, -0.1) is 0 Å². The largest absolute Gasteiger partial charge is 0.311 e. The lowest BCUT2D eigenvalue weighted by atomic mass is 10.1. The molecule has 0 fully saturated rings. The third-order valence-corrected chi connectivity index (χ3v) is 6.37. The zero-order valence-electron chi connectivity index (χ0n) is 13.6. The Bertz CT molecular complexity index is 1040. The van der Waals surface area contributed by atoms with Crippen molar-refractivity contribution in [2.24, 2.45) is 0 Å². The maximum Gasteiger partial charge on any atom is 0.212 e. The first-order chi connectivity index (χ1) is 11.5. The van der Waals surface area contributed by atoms with E-state index in [1.165, 1.54) is 0 Å². The molecule has 4 rings (SSSR count). The van der Waals surface area contributed by atoms with E-state index in [1.807, 2.05) is 6.92 Å². The molecule has 124 valence electrons. The van der Waals surface area contributed by atoms with Crippen LogP contribution >= 0.6 is 0 Å². The van der Waals surface area contributed by atoms with Crippen LogP contribution in [-0.4, -0.2) is 29.6 Å². The molecule has 1 N–H and O–H groups in total. The molecule has 0 amide bonds. The van der Waals surface area contributed by atoms with Gasteiger partial charge in [0.25, 0.3) is 0 Å². The van der Waals surface area contributed by atoms with Crippen LogP contribution in [0.4, 0.5) is 0 Å². The standard InChI is InChI=1S/C17H18N4O2S/c1-11-14-8-9-18-10-15(14)21-17(19-11)16(12(2)20-21)24(22,23)13-6-4-3-5-7-13/h3-7,18H,8-10H2,1-2H3. The van der Waals surface area contributed by atoms with Crippen molar-refractivity contribution in [2.75, 3.05) is 6.54 Å². The fourth-order valence-electron chi connectivity index (χ4n) is 3.31. The average molecular weight is 342 g/mol. The SMILES string of the molecule is Cc1nc2c(S(=O)(=O)c3ccccc3)c(C)nn2c2c1CCNC2. The lowest BCUT2D eigenvalue weighted by Crippen LogP contribution is -2.27. The molecule has 24 heavy (non-hydrogen) atoms. The van der Waals surface area contributed by atoms with E-state index in [1.54, 1.807) is 41.8 Å². The summed E-state index contributed by atoms with van der Waals surface area (Å²) < 4.78 is 27.9. The number of aromatic nitrogens is 3. The van der Waals surface area contributed by atoms with Crippen molar-refractivity contribution >= 4 is 15.5 Å². The molecule has 0 spiro atoms. The van der Waals surface area contributed by atoms with Crippen LogP contribution in [0.25, 0.3) is 5.65 Å². The van der Waals surface area contributed by atoms with Crippen LogP contribution in [0, 0.1) is 13.8 Å². The average Bonchev–Trinajstić information content (AvgIpc) is 2.93. The molecule has 0 aliphatic carbocycles. The van der Waals surface area contributed by atoms with E-state index in [9.17, 15) is 8.42 Å². The van der Waals surface area contributed by atoms with Gasteiger partial charge in [-0.3, -0.25) is 0 Å². The predicted octanol–water partition coefficient (Wildman–Crippen LogP) is 1.82. The quantitative estimate of drug-likeness (QED) is 0.769. The molecule has 3 aromatic rings. The summed E-state index contributed by atoms with van der Waals surface area (Å²) in [5.74, 6) is 0. The van der Waals surface area contributed by atoms with Gasteiger partial charge in [-0.25, -0.2) is 17.9 Å². The summed E-state index contributed by atoms with van der Waals surface area (Å²) in [6.45, 7) is 5.23. The van der Waals surface area contributed by atoms with Crippen molar-refractivity contribution in [1.82, 2.24) is 19.9 Å². The number of sulfone groups is 1. The summed E-state index contributed by atoms with van der Waals surface area (Å²) in [5, 5.41) is 7.82. The summed E-state index contributed by atoms with van der Waals surface area (Å²) in [4.78, 5) is 5.06. The molecule has 0 saturated heterocycles. The number of nitrogens with zero attached hydrogens (tertiary/aromatic N) is 3. The Balaban J connectivity index is 2.04. The number of nitrogens with one attached hydrogen (secondary N) is 1. The Kier molecular flexibility index (Phi) is 3.43. The van der Waals surface area contributed by atoms with Crippen LogP contribution in [0.5, 0.6) is 0 Å². The smallest absolute Gasteiger partial charge is 0.212 e. The Labute approximate surface area is 140 Å². The predicted molar refractivity (Wildman–Crippen MR) is 89.8 cm³/mol. The van der Waals surface area contributed by atoms with Crippen molar-refractivity contribution in [3.8, 4) is 0 Å². The van der Waals surface area contributed by atoms with Crippen molar-refractivity contribution in [2.45, 2.75) is 36.6 Å². The fourth-order valence-corrected chi connectivity index (χ4v) is 4.86. The molecule has 0 atom stereocenters. The topological polar surface area (TPSA) is 76.4 Å². The Morgan fingerprint density at radius 1 is 1.12 bits per heavy atom. The highest BCUT2D eigenvalue weighted by Crippen LogP contribution is 2.29. The van der Waals surface area contributed by atoms with Gasteiger partial charge in [0.05, 0.1) is 16.3 Å². The molecule has 3 heterocycles. The molecule has 0 radical (unpaired) electrons. The minimum absolute atomic E-state index is 0.199. The third-order valence-electron chi connectivity index (χ3n) is 4.46. The zero-order valence-corrected chi connectivity index (χ0v) is 14.4. The molecule has 1 aromatic carbocycles. The number of benzene rings is 1. The number of rotatable bonds is 2. The van der Waals surface area contributed by atoms with Gasteiger partial charge in [0.15, 0.2) is 5.65 Å². The van der Waals surface area contributed by atoms with Crippen molar-refractivity contribution in [1.29, 1.82) is 0 Å². The maximum absolute atomic E-state index is 13.1. The van der Waals surface area contributed by atoms with E-state index in [0.29, 0.717) is 17.9 Å². The van der Waals surface area contributed by atoms with Crippen molar-refractivity contribution in [3.63, 3.8) is 0 Å². The van der Waals surface area contributed by atoms with Gasteiger partial charge in [-0.1, -0.05) is 18.2 Å². The zero-order chi connectivity index (χ0) is 16.9. The second kappa shape index (κ2) is 5.39. The summed E-state index contributed by atoms with van der Waals surface area (Å²) in [6.07, 6.45) is 0.879. The van der Waals surface area contributed by atoms with Crippen LogP contribution in [0.15, 0.2) is 40.1 Å². The molecule has 0 unspecified atom stereocenters. The first-order valence-electron chi connectivity index (χ1n) is 7.88. The first kappa shape index (κ1) is 15.3. The van der Waals surface area contributed by atoms with Gasteiger partial charge >= 0.3 is 0 Å². The number of hydrogen-bond acceptors (Lipinski definition) is 5. The number of hydrogen-bond donors (Lipinski definition) is 1. The molecule has 1 aliphatic rings. The minimum Gasteiger partial charge on any atom is -0.311 e. The lowest BCUT2D eigenvalue weighted by Gasteiger charge is -2.19. The van der Waals surface area contributed by atoms with Gasteiger partial charge in [-0.05, 0) is 44.5 Å². The molecule has 1 aliphatic heterocycles. The van der Waals surface area contributed by atoms with Crippen LogP contribution < -0.4 is 5.32 Å². The minimum atomic E-state index is -3.66. The molecule has 0 bridgehead atoms. The maximum atomic E-state index is 13.1. The second-order valence-electron chi connectivity index (χ2n) is 6.02. The Hall–Kier alpha value is -2.25. The van der Waals surface area contributed by atoms with E-state index < -0.39 is 9.84 Å². The highest BCUT2D eigenvalue weighted by atomic mass is 32.2. The van der Waals surface area contributed by atoms with Gasteiger partial charge in [0, 0.05) is 12.2 Å². The van der Waals surface area contributed by atoms with E-state index in [-0.39, 0.29) is 9.79 Å². The van der Waals surface area contributed by atoms with Crippen LogP contribution in [0.2, 0.25) is 0 Å². The van der Waals surface area contributed by atoms with E-state index in [4.69, 9.17) is 0 Å². The van der Waals surface area contributed by atoms with Crippen molar-refractivity contribution in [3.05, 3.63) is 53.0 Å². The fraction of sp³-hybridized carbons (Fsp3) is 0.294. The number of aryl methyl sites for hydroxylation is 2. The second-order valence-corrected chi connectivity index (χ2v) is 7.90. The molecule has 7 heteroatoms. The molecular weight excluding hydrogens is 324 g/mol. The van der Waals surface area contributed by atoms with Gasteiger partial charge in [-0.2, -0.15) is 5.10 Å². The van der Waals surface area contributed by atoms with Crippen LogP contribution in [0.1, 0.15) is 22.6 Å². The molecule has 0 saturated carbocycles. The van der Waals surface area contributed by atoms with Gasteiger partial charge in [0.2, 0.25) is 9.84 Å². The highest BCUT2D eigenvalue weighted by molar-refractivity contribution is 7.91. The van der Waals surface area contributed by atoms with Gasteiger partial charge in [0.1, 0.15) is 4.90 Å². The van der Waals surface area contributed by atoms with Crippen LogP contribution in [0.3, 0.4) is 0 Å². The highest BCUT2D eigenvalue weighted by Gasteiger charge is 2.29. The monoisotopic (exact) mass is 342 g/mol. The third kappa shape index (κ3) is 2.16. The summed E-state index contributed by atoms with van der Waals surface area (Å²) in [6, 6.07) is 8.44.